The number of nitrogens with one attached hydrogen (secondary N) is 2. The van der Waals surface area contributed by atoms with Gasteiger partial charge in [0.05, 0.1) is 24.1 Å². The van der Waals surface area contributed by atoms with Crippen molar-refractivity contribution in [3.63, 3.8) is 0 Å². The van der Waals surface area contributed by atoms with E-state index in [1.54, 1.807) is 28.9 Å². The summed E-state index contributed by atoms with van der Waals surface area (Å²) in [6.07, 6.45) is 0.800. The number of hydrogen-bond donors (Lipinski definition) is 2. The van der Waals surface area contributed by atoms with Crippen LogP contribution in [0.2, 0.25) is 0 Å². The van der Waals surface area contributed by atoms with Crippen molar-refractivity contribution in [1.29, 1.82) is 0 Å². The number of carbonyl (C=O) groups is 3. The minimum atomic E-state index is -0.674. The summed E-state index contributed by atoms with van der Waals surface area (Å²) in [7, 11) is 2.76. The molecule has 0 saturated heterocycles. The zero-order chi connectivity index (χ0) is 24.1. The van der Waals surface area contributed by atoms with E-state index in [2.05, 4.69) is 15.7 Å². The molecule has 1 aromatic heterocycles. The molecule has 0 aliphatic heterocycles. The third-order valence-corrected chi connectivity index (χ3v) is 5.32. The van der Waals surface area contributed by atoms with E-state index in [0.717, 1.165) is 28.7 Å². The van der Waals surface area contributed by atoms with Gasteiger partial charge < -0.3 is 15.4 Å². The van der Waals surface area contributed by atoms with Crippen LogP contribution in [-0.2, 0) is 16.0 Å². The fourth-order valence-electron chi connectivity index (χ4n) is 3.49. The Morgan fingerprint density at radius 2 is 1.76 bits per heavy atom. The van der Waals surface area contributed by atoms with E-state index in [1.807, 2.05) is 13.8 Å². The fourth-order valence-corrected chi connectivity index (χ4v) is 3.49. The van der Waals surface area contributed by atoms with Gasteiger partial charge in [-0.1, -0.05) is 0 Å². The molecule has 1 heterocycles. The van der Waals surface area contributed by atoms with Crippen LogP contribution in [0.15, 0.2) is 42.5 Å². The maximum atomic E-state index is 13.8. The second-order valence-corrected chi connectivity index (χ2v) is 7.41. The van der Waals surface area contributed by atoms with E-state index in [1.165, 1.54) is 26.3 Å². The Kier molecular flexibility index (Phi) is 7.22. The Balaban J connectivity index is 1.76. The lowest BCUT2D eigenvalue weighted by atomic mass is 10.1. The van der Waals surface area contributed by atoms with E-state index < -0.39 is 17.6 Å². The molecule has 0 fully saturated rings. The van der Waals surface area contributed by atoms with E-state index in [9.17, 15) is 18.8 Å². The van der Waals surface area contributed by atoms with Crippen molar-refractivity contribution in [3.05, 3.63) is 76.4 Å². The number of benzene rings is 2. The molecule has 0 spiro atoms. The third-order valence-electron chi connectivity index (χ3n) is 5.32. The lowest BCUT2D eigenvalue weighted by molar-refractivity contribution is -0.140. The number of aromatic nitrogens is 2. The van der Waals surface area contributed by atoms with Crippen LogP contribution in [0.4, 0.5) is 10.1 Å². The molecule has 0 unspecified atom stereocenters. The second-order valence-electron chi connectivity index (χ2n) is 7.41. The first-order valence-electron chi connectivity index (χ1n) is 10.3. The summed E-state index contributed by atoms with van der Waals surface area (Å²) >= 11 is 0. The number of halogens is 1. The number of rotatable bonds is 7. The highest BCUT2D eigenvalue weighted by Crippen LogP contribution is 2.21. The average molecular weight is 452 g/mol. The summed E-state index contributed by atoms with van der Waals surface area (Å²) in [5.74, 6) is -1.93. The Hall–Kier alpha value is -4.01. The molecule has 172 valence electrons. The Morgan fingerprint density at radius 3 is 2.39 bits per heavy atom. The first-order valence-corrected chi connectivity index (χ1v) is 10.3. The third kappa shape index (κ3) is 5.25. The van der Waals surface area contributed by atoms with Crippen LogP contribution in [0.3, 0.4) is 0 Å². The lowest BCUT2D eigenvalue weighted by Gasteiger charge is -2.09. The van der Waals surface area contributed by atoms with Gasteiger partial charge in [-0.25, -0.2) is 9.07 Å². The Bertz CT molecular complexity index is 1200. The van der Waals surface area contributed by atoms with Crippen molar-refractivity contribution < 1.29 is 23.5 Å². The molecule has 0 saturated carbocycles. The van der Waals surface area contributed by atoms with Crippen LogP contribution in [0.5, 0.6) is 0 Å². The first kappa shape index (κ1) is 23.6. The minimum absolute atomic E-state index is 0.154. The Morgan fingerprint density at radius 1 is 1.06 bits per heavy atom. The molecule has 2 amide bonds. The highest BCUT2D eigenvalue weighted by Gasteiger charge is 2.16. The number of nitrogens with zero attached hydrogens (tertiary/aromatic N) is 2. The molecule has 0 radical (unpaired) electrons. The SMILES string of the molecule is CNC(=O)c1cc(NC(=O)c2ccc(-n3nc(C)c(CCC(=O)OC)c3C)cc2)ccc1F. The van der Waals surface area contributed by atoms with Crippen LogP contribution in [0, 0.1) is 19.7 Å². The summed E-state index contributed by atoms with van der Waals surface area (Å²) in [5.41, 5.74) is 4.00. The molecule has 0 atom stereocenters. The summed E-state index contributed by atoms with van der Waals surface area (Å²) in [5, 5.41) is 9.59. The van der Waals surface area contributed by atoms with E-state index in [4.69, 9.17) is 4.74 Å². The van der Waals surface area contributed by atoms with Crippen molar-refractivity contribution in [2.24, 2.45) is 0 Å². The molecule has 3 rings (SSSR count). The monoisotopic (exact) mass is 452 g/mol. The minimum Gasteiger partial charge on any atom is -0.469 e. The predicted molar refractivity (Wildman–Crippen MR) is 121 cm³/mol. The normalized spacial score (nSPS) is 10.6. The smallest absolute Gasteiger partial charge is 0.305 e. The lowest BCUT2D eigenvalue weighted by Crippen LogP contribution is -2.20. The zero-order valence-corrected chi connectivity index (χ0v) is 18.9. The molecule has 0 bridgehead atoms. The number of amides is 2. The second kappa shape index (κ2) is 10.1. The van der Waals surface area contributed by atoms with Crippen LogP contribution in [0.25, 0.3) is 5.69 Å². The molecule has 0 aliphatic carbocycles. The van der Waals surface area contributed by atoms with Crippen molar-refractivity contribution >= 4 is 23.5 Å². The zero-order valence-electron chi connectivity index (χ0n) is 18.9. The van der Waals surface area contributed by atoms with Crippen LogP contribution in [0.1, 0.15) is 44.1 Å². The summed E-state index contributed by atoms with van der Waals surface area (Å²) < 4.78 is 20.3. The molecule has 33 heavy (non-hydrogen) atoms. The van der Waals surface area contributed by atoms with Gasteiger partial charge in [0.2, 0.25) is 0 Å². The molecule has 3 aromatic rings. The van der Waals surface area contributed by atoms with Crippen molar-refractivity contribution in [1.82, 2.24) is 15.1 Å². The standard InChI is InChI=1S/C24H25FN4O4/c1-14-19(10-12-22(30)33-4)15(2)29(28-14)18-8-5-16(6-9-18)23(31)27-17-7-11-21(25)20(13-17)24(32)26-3/h5-9,11,13H,10,12H2,1-4H3,(H,26,32)(H,27,31). The molecular weight excluding hydrogens is 427 g/mol. The predicted octanol–water partition coefficient (Wildman–Crippen LogP) is 3.35. The van der Waals surface area contributed by atoms with Gasteiger partial charge in [0.15, 0.2) is 0 Å². The van der Waals surface area contributed by atoms with Crippen LogP contribution >= 0.6 is 0 Å². The maximum absolute atomic E-state index is 13.8. The van der Waals surface area contributed by atoms with Gasteiger partial charge in [-0.3, -0.25) is 14.4 Å². The number of anilines is 1. The topological polar surface area (TPSA) is 102 Å². The number of hydrogen-bond acceptors (Lipinski definition) is 5. The van der Waals surface area contributed by atoms with Crippen LogP contribution < -0.4 is 10.6 Å². The number of esters is 1. The average Bonchev–Trinajstić information content (AvgIpc) is 3.11. The molecule has 9 heteroatoms. The van der Waals surface area contributed by atoms with E-state index >= 15 is 0 Å². The van der Waals surface area contributed by atoms with Gasteiger partial charge in [-0.05, 0) is 68.3 Å². The largest absolute Gasteiger partial charge is 0.469 e. The molecular formula is C24H25FN4O4. The quantitative estimate of drug-likeness (QED) is 0.536. The van der Waals surface area contributed by atoms with Crippen molar-refractivity contribution in [3.8, 4) is 5.69 Å². The van der Waals surface area contributed by atoms with Gasteiger partial charge in [0, 0.05) is 30.4 Å². The van der Waals surface area contributed by atoms with Crippen molar-refractivity contribution in [2.75, 3.05) is 19.5 Å². The highest BCUT2D eigenvalue weighted by molar-refractivity contribution is 6.05. The van der Waals surface area contributed by atoms with Gasteiger partial charge in [-0.15, -0.1) is 0 Å². The van der Waals surface area contributed by atoms with E-state index in [-0.39, 0.29) is 18.0 Å². The molecule has 0 aliphatic rings. The first-order chi connectivity index (χ1) is 15.7. The highest BCUT2D eigenvalue weighted by atomic mass is 19.1. The number of carbonyl (C=O) groups excluding carboxylic acids is 3. The fraction of sp³-hybridized carbons (Fsp3) is 0.250. The number of methoxy groups -OCH3 is 1. The number of aryl methyl sites for hydroxylation is 1. The van der Waals surface area contributed by atoms with E-state index in [0.29, 0.717) is 17.7 Å². The van der Waals surface area contributed by atoms with Gasteiger partial charge in [0.1, 0.15) is 5.82 Å². The maximum Gasteiger partial charge on any atom is 0.305 e. The number of ether oxygens (including phenoxy) is 1. The Labute approximate surface area is 190 Å². The molecule has 2 aromatic carbocycles. The molecule has 8 nitrogen and oxygen atoms in total. The molecule has 2 N–H and O–H groups in total. The van der Waals surface area contributed by atoms with Gasteiger partial charge in [0.25, 0.3) is 11.8 Å². The summed E-state index contributed by atoms with van der Waals surface area (Å²) in [6, 6.07) is 10.6. The summed E-state index contributed by atoms with van der Waals surface area (Å²) in [4.78, 5) is 35.9. The van der Waals surface area contributed by atoms with Crippen LogP contribution in [-0.4, -0.2) is 41.7 Å². The summed E-state index contributed by atoms with van der Waals surface area (Å²) in [6.45, 7) is 3.81. The van der Waals surface area contributed by atoms with Gasteiger partial charge in [-0.2, -0.15) is 5.10 Å². The van der Waals surface area contributed by atoms with Crippen molar-refractivity contribution in [2.45, 2.75) is 26.7 Å². The van der Waals surface area contributed by atoms with Gasteiger partial charge >= 0.3 is 5.97 Å².